The molecule has 37 heavy (non-hydrogen) atoms. The number of amides is 2. The van der Waals surface area contributed by atoms with E-state index in [1.807, 2.05) is 18.2 Å². The zero-order chi connectivity index (χ0) is 25.7. The van der Waals surface area contributed by atoms with Gasteiger partial charge in [-0.15, -0.1) is 0 Å². The summed E-state index contributed by atoms with van der Waals surface area (Å²) < 4.78 is 1.07. The highest BCUT2D eigenvalue weighted by molar-refractivity contribution is 9.10. The van der Waals surface area contributed by atoms with Gasteiger partial charge < -0.3 is 15.1 Å². The van der Waals surface area contributed by atoms with E-state index in [1.165, 1.54) is 30.4 Å². The molecule has 2 aliphatic heterocycles. The molecule has 1 atom stereocenters. The number of hydrogen-bond donors (Lipinski definition) is 1. The van der Waals surface area contributed by atoms with Crippen LogP contribution >= 0.6 is 15.9 Å². The van der Waals surface area contributed by atoms with Crippen molar-refractivity contribution in [3.63, 3.8) is 0 Å². The molecular weight excluding hydrogens is 526 g/mol. The molecule has 1 spiro atoms. The van der Waals surface area contributed by atoms with Crippen LogP contribution in [0.15, 0.2) is 59.1 Å². The molecule has 2 heterocycles. The first-order chi connectivity index (χ1) is 18.0. The fourth-order valence-corrected chi connectivity index (χ4v) is 6.76. The topological polar surface area (TPSA) is 52.7 Å². The fourth-order valence-electron chi connectivity index (χ4n) is 6.50. The van der Waals surface area contributed by atoms with E-state index in [0.29, 0.717) is 12.5 Å². The zero-order valence-electron chi connectivity index (χ0n) is 21.8. The summed E-state index contributed by atoms with van der Waals surface area (Å²) in [5.74, 6) is 0.745. The molecule has 6 heteroatoms. The first kappa shape index (κ1) is 26.4. The highest BCUT2D eigenvalue weighted by Gasteiger charge is 2.47. The molecule has 3 aliphatic rings. The number of carbonyl (C=O) groups excluding carboxylic acids is 2. The molecule has 198 valence electrons. The molecule has 0 bridgehead atoms. The van der Waals surface area contributed by atoms with Crippen LogP contribution in [0.5, 0.6) is 0 Å². The van der Waals surface area contributed by atoms with Gasteiger partial charge >= 0.3 is 0 Å². The van der Waals surface area contributed by atoms with E-state index in [0.717, 1.165) is 69.2 Å². The summed E-state index contributed by atoms with van der Waals surface area (Å²) >= 11 is 3.49. The average Bonchev–Trinajstić information content (AvgIpc) is 3.23. The molecule has 0 unspecified atom stereocenters. The lowest BCUT2D eigenvalue weighted by molar-refractivity contribution is -0.139. The molecule has 1 aliphatic carbocycles. The minimum Gasteiger partial charge on any atom is -0.349 e. The third kappa shape index (κ3) is 6.46. The third-order valence-electron chi connectivity index (χ3n) is 8.93. The Hall–Kier alpha value is -2.18. The largest absolute Gasteiger partial charge is 0.349 e. The van der Waals surface area contributed by atoms with Crippen molar-refractivity contribution in [2.45, 2.75) is 70.4 Å². The van der Waals surface area contributed by atoms with Gasteiger partial charge in [0.05, 0.1) is 11.5 Å². The van der Waals surface area contributed by atoms with Crippen LogP contribution in [0.25, 0.3) is 0 Å². The lowest BCUT2D eigenvalue weighted by atomic mass is 9.77. The van der Waals surface area contributed by atoms with Crippen LogP contribution in [0.2, 0.25) is 0 Å². The summed E-state index contributed by atoms with van der Waals surface area (Å²) in [5.41, 5.74) is 2.20. The molecule has 0 aromatic heterocycles. The molecule has 0 radical (unpaired) electrons. The van der Waals surface area contributed by atoms with Crippen LogP contribution in [0, 0.1) is 11.3 Å². The Morgan fingerprint density at radius 3 is 2.32 bits per heavy atom. The molecule has 5 rings (SSSR count). The summed E-state index contributed by atoms with van der Waals surface area (Å²) in [5, 5.41) is 3.40. The van der Waals surface area contributed by atoms with Crippen LogP contribution in [-0.4, -0.2) is 47.8 Å². The number of nitrogens with one attached hydrogen (secondary N) is 1. The summed E-state index contributed by atoms with van der Waals surface area (Å²) in [6.45, 7) is 4.42. The van der Waals surface area contributed by atoms with Crippen molar-refractivity contribution in [1.29, 1.82) is 0 Å². The Morgan fingerprint density at radius 1 is 0.946 bits per heavy atom. The number of rotatable bonds is 8. The number of hydrogen-bond acceptors (Lipinski definition) is 3. The molecule has 2 aromatic rings. The Labute approximate surface area is 230 Å². The second-order valence-corrected chi connectivity index (χ2v) is 12.2. The second kappa shape index (κ2) is 12.1. The van der Waals surface area contributed by atoms with Crippen LogP contribution < -0.4 is 5.32 Å². The molecule has 2 saturated heterocycles. The van der Waals surface area contributed by atoms with Crippen molar-refractivity contribution in [3.8, 4) is 0 Å². The molecule has 1 saturated carbocycles. The van der Waals surface area contributed by atoms with Gasteiger partial charge in [-0.1, -0.05) is 77.7 Å². The number of piperidine rings is 1. The highest BCUT2D eigenvalue weighted by atomic mass is 79.9. The van der Waals surface area contributed by atoms with E-state index in [1.54, 1.807) is 0 Å². The number of likely N-dealkylation sites (tertiary alicyclic amines) is 2. The van der Waals surface area contributed by atoms with Crippen molar-refractivity contribution >= 4 is 27.7 Å². The molecule has 1 N–H and O–H groups in total. The van der Waals surface area contributed by atoms with Crippen molar-refractivity contribution in [1.82, 2.24) is 15.1 Å². The number of benzene rings is 2. The third-order valence-corrected chi connectivity index (χ3v) is 9.46. The van der Waals surface area contributed by atoms with Crippen LogP contribution in [-0.2, 0) is 16.1 Å². The Kier molecular flexibility index (Phi) is 8.66. The minimum atomic E-state index is -0.181. The number of halogens is 1. The molecule has 3 fully saturated rings. The van der Waals surface area contributed by atoms with Crippen molar-refractivity contribution in [2.24, 2.45) is 11.3 Å². The monoisotopic (exact) mass is 565 g/mol. The van der Waals surface area contributed by atoms with E-state index in [2.05, 4.69) is 67.4 Å². The van der Waals surface area contributed by atoms with Gasteiger partial charge in [-0.05, 0) is 74.9 Å². The van der Waals surface area contributed by atoms with E-state index in [9.17, 15) is 9.59 Å². The van der Waals surface area contributed by atoms with E-state index < -0.39 is 0 Å². The van der Waals surface area contributed by atoms with E-state index in [4.69, 9.17) is 0 Å². The minimum absolute atomic E-state index is 0.0426. The summed E-state index contributed by atoms with van der Waals surface area (Å²) in [7, 11) is 0. The predicted octanol–water partition coefficient (Wildman–Crippen LogP) is 6.09. The summed E-state index contributed by atoms with van der Waals surface area (Å²) in [6, 6.07) is 18.8. The Morgan fingerprint density at radius 2 is 1.62 bits per heavy atom. The van der Waals surface area contributed by atoms with Crippen molar-refractivity contribution in [2.75, 3.05) is 26.2 Å². The summed E-state index contributed by atoms with van der Waals surface area (Å²) in [6.07, 6.45) is 9.39. The van der Waals surface area contributed by atoms with Crippen molar-refractivity contribution < 1.29 is 9.59 Å². The predicted molar refractivity (Wildman–Crippen MR) is 151 cm³/mol. The maximum absolute atomic E-state index is 13.4. The van der Waals surface area contributed by atoms with Crippen LogP contribution in [0.4, 0.5) is 0 Å². The van der Waals surface area contributed by atoms with Gasteiger partial charge in [0.15, 0.2) is 0 Å². The Balaban J connectivity index is 1.14. The van der Waals surface area contributed by atoms with Gasteiger partial charge in [0.25, 0.3) is 0 Å². The molecule has 2 amide bonds. The van der Waals surface area contributed by atoms with Gasteiger partial charge in [0, 0.05) is 30.0 Å². The smallest absolute Gasteiger partial charge is 0.229 e. The first-order valence-corrected chi connectivity index (χ1v) is 14.9. The molecule has 5 nitrogen and oxygen atoms in total. The zero-order valence-corrected chi connectivity index (χ0v) is 23.4. The number of carbonyl (C=O) groups is 2. The average molecular weight is 567 g/mol. The normalized spacial score (nSPS) is 21.3. The van der Waals surface area contributed by atoms with Crippen molar-refractivity contribution in [3.05, 3.63) is 70.2 Å². The molecule has 2 aromatic carbocycles. The lowest BCUT2D eigenvalue weighted by Crippen LogP contribution is -2.45. The van der Waals surface area contributed by atoms with Crippen LogP contribution in [0.1, 0.15) is 75.0 Å². The first-order valence-electron chi connectivity index (χ1n) is 14.1. The lowest BCUT2D eigenvalue weighted by Gasteiger charge is -2.38. The van der Waals surface area contributed by atoms with E-state index >= 15 is 0 Å². The summed E-state index contributed by atoms with van der Waals surface area (Å²) in [4.78, 5) is 31.0. The van der Waals surface area contributed by atoms with Crippen LogP contribution in [0.3, 0.4) is 0 Å². The quantitative estimate of drug-likeness (QED) is 0.421. The Bertz CT molecular complexity index is 1040. The SMILES string of the molecule is O=C(N[C@H](CCN1CCC2(CC1)CCN(Cc1ccc(Br)cc1)C2=O)c1ccccc1)C1CCCCC1. The van der Waals surface area contributed by atoms with Gasteiger partial charge in [-0.3, -0.25) is 9.59 Å². The standard InChI is InChI=1S/C31H40BrN3O2/c32-27-13-11-24(12-14-27)23-35-22-18-31(30(35)37)16-20-34(21-17-31)19-15-28(25-7-3-1-4-8-25)33-29(36)26-9-5-2-6-10-26/h1,3-4,7-8,11-14,26,28H,2,5-6,9-10,15-23H2,(H,33,36)/t28-/m1/s1. The van der Waals surface area contributed by atoms with E-state index in [-0.39, 0.29) is 23.3 Å². The fraction of sp³-hybridized carbons (Fsp3) is 0.548. The second-order valence-electron chi connectivity index (χ2n) is 11.3. The maximum atomic E-state index is 13.4. The molecular formula is C31H40BrN3O2. The highest BCUT2D eigenvalue weighted by Crippen LogP contribution is 2.42. The van der Waals surface area contributed by atoms with Gasteiger partial charge in [-0.25, -0.2) is 0 Å². The maximum Gasteiger partial charge on any atom is 0.229 e. The van der Waals surface area contributed by atoms with Gasteiger partial charge in [-0.2, -0.15) is 0 Å². The number of nitrogens with zero attached hydrogens (tertiary/aromatic N) is 2. The van der Waals surface area contributed by atoms with Gasteiger partial charge in [0.1, 0.15) is 0 Å². The van der Waals surface area contributed by atoms with Gasteiger partial charge in [0.2, 0.25) is 11.8 Å².